The summed E-state index contributed by atoms with van der Waals surface area (Å²) >= 11 is 0. The molecule has 250 valence electrons. The van der Waals surface area contributed by atoms with Crippen LogP contribution in [0.5, 0.6) is 0 Å². The molecule has 0 unspecified atom stereocenters. The van der Waals surface area contributed by atoms with Crippen molar-refractivity contribution >= 4 is 33.0 Å². The fourth-order valence-corrected chi connectivity index (χ4v) is 2.28. The molecule has 12 N–H and O–H groups in total. The molecule has 0 aromatic heterocycles. The Morgan fingerprint density at radius 3 is 0.512 bits per heavy atom. The Hall–Kier alpha value is 0.272. The summed E-state index contributed by atoms with van der Waals surface area (Å²) in [5, 5.41) is 76.4. The monoisotopic (exact) mass is 667 g/mol. The van der Waals surface area contributed by atoms with Gasteiger partial charge in [-0.1, -0.05) is 0 Å². The zero-order chi connectivity index (χ0) is 32.5. The van der Waals surface area contributed by atoms with Gasteiger partial charge in [0.1, 0.15) is 0 Å². The standard InChI is InChI=1S/3C6H15NO3.Al.2H3O4P/c3*8-4-1-7(2-5-9)3-6-10;;2*1-5(2,3)4/h3*8-10H,1-6H2;;2*(H3,1,2,3,4)/q;;;+3;;/p-3. The van der Waals surface area contributed by atoms with Crippen LogP contribution in [-0.4, -0.2) is 211 Å². The number of phosphoric acid groups is 2. The van der Waals surface area contributed by atoms with Gasteiger partial charge in [-0.25, -0.2) is 4.57 Å². The van der Waals surface area contributed by atoms with E-state index in [9.17, 15) is 0 Å². The van der Waals surface area contributed by atoms with Crippen LogP contribution in [0.1, 0.15) is 0 Å². The fourth-order valence-electron chi connectivity index (χ4n) is 2.28. The van der Waals surface area contributed by atoms with Gasteiger partial charge >= 0.3 is 25.2 Å². The van der Waals surface area contributed by atoms with Gasteiger partial charge in [-0.15, -0.1) is 0 Å². The first-order chi connectivity index (χ1) is 18.5. The molecule has 0 fully saturated rings. The Bertz CT molecular complexity index is 444. The van der Waals surface area contributed by atoms with Crippen LogP contribution >= 0.6 is 15.6 Å². The fraction of sp³-hybridized carbons (Fsp3) is 1.00. The van der Waals surface area contributed by atoms with Crippen molar-refractivity contribution in [3.8, 4) is 0 Å². The smallest absolute Gasteiger partial charge is 0.822 e. The largest absolute Gasteiger partial charge is 3.00 e. The summed E-state index contributed by atoms with van der Waals surface area (Å²) in [4.78, 5) is 52.6. The van der Waals surface area contributed by atoms with Gasteiger partial charge in [0.2, 0.25) is 0 Å². The molecule has 0 radical (unpaired) electrons. The Balaban J connectivity index is -0.0000000957. The Morgan fingerprint density at radius 1 is 0.390 bits per heavy atom. The quantitative estimate of drug-likeness (QED) is 0.0476. The maximum Gasteiger partial charge on any atom is 3.00 e. The maximum atomic E-state index is 8.88. The molecule has 0 saturated carbocycles. The first-order valence-corrected chi connectivity index (χ1v) is 14.7. The van der Waals surface area contributed by atoms with E-state index in [1.807, 2.05) is 0 Å². The van der Waals surface area contributed by atoms with Crippen LogP contribution in [0.3, 0.4) is 0 Å². The van der Waals surface area contributed by atoms with E-state index < -0.39 is 15.6 Å². The van der Waals surface area contributed by atoms with E-state index in [4.69, 9.17) is 84.4 Å². The SMILES string of the molecule is O=P(O)(O)O.O=P([O-])([O-])[O-].OCCN(CCO)CCO.OCCN(CCO)CCO.OCCN(CCO)CCO.[Al+3]. The van der Waals surface area contributed by atoms with E-state index in [2.05, 4.69) is 0 Å². The minimum Gasteiger partial charge on any atom is -0.822 e. The van der Waals surface area contributed by atoms with Crippen LogP contribution < -0.4 is 14.7 Å². The zero-order valence-electron chi connectivity index (χ0n) is 22.9. The summed E-state index contributed by atoms with van der Waals surface area (Å²) in [5.41, 5.74) is 0. The number of hydrogen-bond acceptors (Lipinski definition) is 17. The third-order valence-electron chi connectivity index (χ3n) is 3.75. The van der Waals surface area contributed by atoms with Gasteiger partial charge in [-0.05, 0) is 0 Å². The first-order valence-electron chi connectivity index (χ1n) is 11.7. The van der Waals surface area contributed by atoms with Crippen molar-refractivity contribution in [2.45, 2.75) is 0 Å². The predicted octanol–water partition coefficient (Wildman–Crippen LogP) is -9.34. The van der Waals surface area contributed by atoms with Crippen molar-refractivity contribution in [2.24, 2.45) is 0 Å². The van der Waals surface area contributed by atoms with Gasteiger partial charge in [-0.3, -0.25) is 14.7 Å². The Labute approximate surface area is 250 Å². The molecule has 0 spiro atoms. The molecule has 0 aromatic rings. The second kappa shape index (κ2) is 40.3. The molecule has 20 nitrogen and oxygen atoms in total. The zero-order valence-corrected chi connectivity index (χ0v) is 25.9. The van der Waals surface area contributed by atoms with Crippen LogP contribution in [0.2, 0.25) is 0 Å². The molecule has 0 aliphatic heterocycles. The third-order valence-corrected chi connectivity index (χ3v) is 3.75. The predicted molar refractivity (Wildman–Crippen MR) is 141 cm³/mol. The summed E-state index contributed by atoms with van der Waals surface area (Å²) in [6.45, 7) is 5.26. The maximum absolute atomic E-state index is 8.88. The van der Waals surface area contributed by atoms with E-state index in [0.717, 1.165) is 0 Å². The van der Waals surface area contributed by atoms with Gasteiger partial charge in [-0.2, -0.15) is 7.82 Å². The molecule has 23 heteroatoms. The summed E-state index contributed by atoms with van der Waals surface area (Å²) in [6, 6.07) is 0. The topological polar surface area (TPSA) is 356 Å². The van der Waals surface area contributed by atoms with Crippen LogP contribution in [0.15, 0.2) is 0 Å². The average Bonchev–Trinajstić information content (AvgIpc) is 2.80. The number of aliphatic hydroxyl groups is 9. The van der Waals surface area contributed by atoms with Crippen LogP contribution in [0.25, 0.3) is 0 Å². The van der Waals surface area contributed by atoms with Crippen molar-refractivity contribution in [1.29, 1.82) is 0 Å². The van der Waals surface area contributed by atoms with Gasteiger partial charge in [0.05, 0.1) is 59.5 Å². The van der Waals surface area contributed by atoms with E-state index in [0.29, 0.717) is 58.9 Å². The van der Waals surface area contributed by atoms with E-state index in [1.54, 1.807) is 14.7 Å². The summed E-state index contributed by atoms with van der Waals surface area (Å²) in [6.07, 6.45) is 0. The molecule has 0 heterocycles. The van der Waals surface area contributed by atoms with Gasteiger partial charge in [0.15, 0.2) is 0 Å². The van der Waals surface area contributed by atoms with Gasteiger partial charge in [0.25, 0.3) is 0 Å². The van der Waals surface area contributed by atoms with Crippen molar-refractivity contribution in [3.63, 3.8) is 0 Å². The van der Waals surface area contributed by atoms with Crippen LogP contribution in [-0.2, 0) is 9.13 Å². The minimum absolute atomic E-state index is 0. The summed E-state index contributed by atoms with van der Waals surface area (Å²) < 4.78 is 17.4. The Kier molecular flexibility index (Phi) is 52.8. The molecule has 0 saturated heterocycles. The Morgan fingerprint density at radius 2 is 0.463 bits per heavy atom. The minimum atomic E-state index is -5.39. The van der Waals surface area contributed by atoms with E-state index in [1.165, 1.54) is 0 Å². The van der Waals surface area contributed by atoms with Crippen molar-refractivity contribution in [3.05, 3.63) is 0 Å². The molecule has 0 aliphatic rings. The molecular formula is C18H48AlN3O17P2. The molecule has 0 atom stereocenters. The second-order valence-electron chi connectivity index (χ2n) is 7.00. The van der Waals surface area contributed by atoms with Crippen molar-refractivity contribution in [2.75, 3.05) is 118 Å². The van der Waals surface area contributed by atoms with Crippen molar-refractivity contribution in [1.82, 2.24) is 14.7 Å². The van der Waals surface area contributed by atoms with E-state index >= 15 is 0 Å². The molecule has 0 aliphatic carbocycles. The summed E-state index contributed by atoms with van der Waals surface area (Å²) in [7, 11) is -10.0. The van der Waals surface area contributed by atoms with Gasteiger partial charge < -0.3 is 79.9 Å². The number of hydrogen-bond donors (Lipinski definition) is 12. The van der Waals surface area contributed by atoms with Crippen LogP contribution in [0.4, 0.5) is 0 Å². The third kappa shape index (κ3) is 79.3. The van der Waals surface area contributed by atoms with Crippen molar-refractivity contribution < 1.29 is 84.4 Å². The normalized spacial score (nSPS) is 10.8. The molecule has 0 amide bonds. The molecule has 0 aromatic carbocycles. The number of rotatable bonds is 18. The van der Waals surface area contributed by atoms with Crippen LogP contribution in [0, 0.1) is 0 Å². The molecular weight excluding hydrogens is 619 g/mol. The van der Waals surface area contributed by atoms with E-state index in [-0.39, 0.29) is 76.8 Å². The first kappa shape index (κ1) is 53.8. The molecule has 41 heavy (non-hydrogen) atoms. The number of aliphatic hydroxyl groups excluding tert-OH is 9. The van der Waals surface area contributed by atoms with Gasteiger partial charge in [0, 0.05) is 58.9 Å². The second-order valence-corrected chi connectivity index (χ2v) is 8.92. The number of nitrogens with zero attached hydrogens (tertiary/aromatic N) is 3. The average molecular weight is 668 g/mol. The summed E-state index contributed by atoms with van der Waals surface area (Å²) in [5.74, 6) is 0. The molecule has 0 rings (SSSR count). The molecule has 0 bridgehead atoms.